The largest absolute Gasteiger partial charge is 0.510 e. The second-order valence-electron chi connectivity index (χ2n) is 8.08. The summed E-state index contributed by atoms with van der Waals surface area (Å²) in [5.41, 5.74) is 0.429. The maximum absolute atomic E-state index is 12.9. The number of rotatable bonds is 7. The fraction of sp³-hybridized carbons (Fsp3) is 0.524. The molecule has 9 heteroatoms. The van der Waals surface area contributed by atoms with Crippen LogP contribution < -0.4 is 0 Å². The summed E-state index contributed by atoms with van der Waals surface area (Å²) in [5.74, 6) is -1.15. The SMILES string of the molecule is CCC(O)=C(C(=O)OCc1ccc([N+](=O)[O-])cc1)N1C(=O)CC1[N+]1(C)CCCCC1. The molecule has 0 spiro atoms. The Balaban J connectivity index is 1.76. The first kappa shape index (κ1) is 21.8. The van der Waals surface area contributed by atoms with Crippen LogP contribution in [0.25, 0.3) is 0 Å². The highest BCUT2D eigenvalue weighted by atomic mass is 16.6. The number of non-ortho nitro benzene ring substituents is 1. The number of quaternary nitrogens is 1. The van der Waals surface area contributed by atoms with Gasteiger partial charge in [-0.15, -0.1) is 0 Å². The van der Waals surface area contributed by atoms with E-state index >= 15 is 0 Å². The topological polar surface area (TPSA) is 110 Å². The van der Waals surface area contributed by atoms with Crippen molar-refractivity contribution < 1.29 is 28.8 Å². The van der Waals surface area contributed by atoms with Gasteiger partial charge in [-0.2, -0.15) is 0 Å². The summed E-state index contributed by atoms with van der Waals surface area (Å²) < 4.78 is 6.03. The number of aliphatic hydroxyl groups excluding tert-OH is 1. The number of aliphatic hydroxyl groups is 1. The maximum Gasteiger partial charge on any atom is 0.359 e. The summed E-state index contributed by atoms with van der Waals surface area (Å²) in [6.07, 6.45) is 3.65. The molecule has 2 heterocycles. The van der Waals surface area contributed by atoms with Crippen molar-refractivity contribution in [3.63, 3.8) is 0 Å². The predicted molar refractivity (Wildman–Crippen MR) is 108 cm³/mol. The van der Waals surface area contributed by atoms with Gasteiger partial charge in [0.2, 0.25) is 5.91 Å². The minimum absolute atomic E-state index is 0.0539. The number of allylic oxidation sites excluding steroid dienone is 1. The Bertz CT molecular complexity index is 858. The first-order chi connectivity index (χ1) is 14.3. The molecule has 2 aliphatic rings. The summed E-state index contributed by atoms with van der Waals surface area (Å²) in [6.45, 7) is 3.43. The van der Waals surface area contributed by atoms with E-state index in [1.54, 1.807) is 6.92 Å². The third kappa shape index (κ3) is 4.30. The molecule has 2 fully saturated rings. The van der Waals surface area contributed by atoms with Crippen LogP contribution in [-0.4, -0.2) is 57.6 Å². The lowest BCUT2D eigenvalue weighted by Crippen LogP contribution is -2.70. The Hall–Kier alpha value is -2.94. The van der Waals surface area contributed by atoms with Crippen molar-refractivity contribution in [3.8, 4) is 0 Å². The standard InChI is InChI=1S/C21H27N3O6/c1-3-17(25)20(21(27)30-14-15-7-9-16(10-8-15)23(28)29)22-18(13-19(22)26)24(2)11-5-4-6-12-24/h7-10,18H,3-6,11-14H2,1-2H3/p+1. The average Bonchev–Trinajstić information content (AvgIpc) is 2.74. The number of piperidine rings is 1. The zero-order chi connectivity index (χ0) is 21.9. The van der Waals surface area contributed by atoms with E-state index in [-0.39, 0.29) is 42.2 Å². The highest BCUT2D eigenvalue weighted by molar-refractivity contribution is 5.97. The minimum Gasteiger partial charge on any atom is -0.510 e. The molecule has 3 rings (SSSR count). The molecular weight excluding hydrogens is 390 g/mol. The van der Waals surface area contributed by atoms with E-state index in [9.17, 15) is 24.8 Å². The molecule has 162 valence electrons. The summed E-state index contributed by atoms with van der Waals surface area (Å²) in [5, 5.41) is 21.2. The van der Waals surface area contributed by atoms with Crippen molar-refractivity contribution in [3.05, 3.63) is 51.4 Å². The summed E-state index contributed by atoms with van der Waals surface area (Å²) in [6, 6.07) is 5.68. The van der Waals surface area contributed by atoms with E-state index in [2.05, 4.69) is 7.05 Å². The number of hydrogen-bond acceptors (Lipinski definition) is 6. The molecule has 0 aliphatic carbocycles. The number of carbonyl (C=O) groups is 2. The maximum atomic E-state index is 12.9. The van der Waals surface area contributed by atoms with Crippen molar-refractivity contribution in [2.24, 2.45) is 0 Å². The fourth-order valence-electron chi connectivity index (χ4n) is 4.16. The molecule has 0 bridgehead atoms. The molecule has 1 unspecified atom stereocenters. The van der Waals surface area contributed by atoms with Crippen LogP contribution in [0.1, 0.15) is 44.6 Å². The third-order valence-corrected chi connectivity index (χ3v) is 6.04. The molecule has 0 radical (unpaired) electrons. The minimum atomic E-state index is -0.769. The van der Waals surface area contributed by atoms with Gasteiger partial charge in [-0.3, -0.25) is 19.8 Å². The number of hydrogen-bond donors (Lipinski definition) is 1. The van der Waals surface area contributed by atoms with Gasteiger partial charge in [-0.25, -0.2) is 4.79 Å². The number of likely N-dealkylation sites (tertiary alicyclic amines) is 2. The van der Waals surface area contributed by atoms with E-state index < -0.39 is 10.9 Å². The van der Waals surface area contributed by atoms with E-state index in [4.69, 9.17) is 4.74 Å². The first-order valence-corrected chi connectivity index (χ1v) is 10.3. The van der Waals surface area contributed by atoms with Gasteiger partial charge >= 0.3 is 5.97 Å². The number of esters is 1. The van der Waals surface area contributed by atoms with Gasteiger partial charge in [0.05, 0.1) is 25.1 Å². The lowest BCUT2D eigenvalue weighted by Gasteiger charge is -2.52. The molecule has 9 nitrogen and oxygen atoms in total. The molecule has 2 aliphatic heterocycles. The second kappa shape index (κ2) is 8.83. The quantitative estimate of drug-likeness (QED) is 0.139. The number of benzene rings is 1. The van der Waals surface area contributed by atoms with Gasteiger partial charge in [0.1, 0.15) is 18.8 Å². The van der Waals surface area contributed by atoms with E-state index in [1.165, 1.54) is 29.2 Å². The van der Waals surface area contributed by atoms with Crippen LogP contribution in [0.15, 0.2) is 35.7 Å². The van der Waals surface area contributed by atoms with Gasteiger partial charge in [-0.1, -0.05) is 6.92 Å². The third-order valence-electron chi connectivity index (χ3n) is 6.04. The predicted octanol–water partition coefficient (Wildman–Crippen LogP) is 3.01. The molecule has 1 amide bonds. The Kier molecular flexibility index (Phi) is 6.40. The van der Waals surface area contributed by atoms with Gasteiger partial charge < -0.3 is 14.3 Å². The van der Waals surface area contributed by atoms with Crippen LogP contribution in [0.5, 0.6) is 0 Å². The van der Waals surface area contributed by atoms with Crippen LogP contribution in [-0.2, 0) is 20.9 Å². The van der Waals surface area contributed by atoms with Crippen molar-refractivity contribution in [1.82, 2.24) is 4.90 Å². The van der Waals surface area contributed by atoms with Gasteiger partial charge in [-0.05, 0) is 37.0 Å². The van der Waals surface area contributed by atoms with Crippen molar-refractivity contribution in [2.75, 3.05) is 20.1 Å². The fourth-order valence-corrected chi connectivity index (χ4v) is 4.16. The molecule has 1 aromatic carbocycles. The Morgan fingerprint density at radius 1 is 1.27 bits per heavy atom. The highest BCUT2D eigenvalue weighted by Gasteiger charge is 2.53. The number of ether oxygens (including phenoxy) is 1. The lowest BCUT2D eigenvalue weighted by atomic mass is 9.99. The summed E-state index contributed by atoms with van der Waals surface area (Å²) >= 11 is 0. The smallest absolute Gasteiger partial charge is 0.359 e. The number of nitro groups is 1. The Labute approximate surface area is 175 Å². The van der Waals surface area contributed by atoms with Crippen LogP contribution in [0.4, 0.5) is 5.69 Å². The van der Waals surface area contributed by atoms with Crippen molar-refractivity contribution >= 4 is 17.6 Å². The molecule has 1 atom stereocenters. The zero-order valence-electron chi connectivity index (χ0n) is 17.4. The molecule has 2 saturated heterocycles. The van der Waals surface area contributed by atoms with E-state index in [0.29, 0.717) is 16.5 Å². The monoisotopic (exact) mass is 418 g/mol. The molecule has 1 N–H and O–H groups in total. The van der Waals surface area contributed by atoms with Gasteiger partial charge in [0.25, 0.3) is 5.69 Å². The van der Waals surface area contributed by atoms with Gasteiger partial charge in [0, 0.05) is 18.6 Å². The first-order valence-electron chi connectivity index (χ1n) is 10.3. The van der Waals surface area contributed by atoms with Crippen LogP contribution in [0.3, 0.4) is 0 Å². The molecule has 1 aromatic rings. The molecule has 30 heavy (non-hydrogen) atoms. The second-order valence-corrected chi connectivity index (χ2v) is 8.08. The normalized spacial score (nSPS) is 21.5. The van der Waals surface area contributed by atoms with Crippen LogP contribution in [0.2, 0.25) is 0 Å². The number of nitro benzene ring substituents is 1. The molecular formula is C21H28N3O6+. The number of nitrogens with zero attached hydrogens (tertiary/aromatic N) is 3. The van der Waals surface area contributed by atoms with E-state index in [1.807, 2.05) is 0 Å². The number of amides is 1. The number of carbonyl (C=O) groups excluding carboxylic acids is 2. The Morgan fingerprint density at radius 2 is 1.90 bits per heavy atom. The van der Waals surface area contributed by atoms with Crippen molar-refractivity contribution in [1.29, 1.82) is 0 Å². The van der Waals surface area contributed by atoms with Crippen molar-refractivity contribution in [2.45, 2.75) is 51.8 Å². The van der Waals surface area contributed by atoms with Crippen LogP contribution in [0, 0.1) is 10.1 Å². The van der Waals surface area contributed by atoms with E-state index in [0.717, 1.165) is 32.4 Å². The zero-order valence-corrected chi connectivity index (χ0v) is 17.4. The summed E-state index contributed by atoms with van der Waals surface area (Å²) in [7, 11) is 2.09. The number of β-lactam (4-membered cyclic amide) rings is 1. The summed E-state index contributed by atoms with van der Waals surface area (Å²) in [4.78, 5) is 37.0. The average molecular weight is 418 g/mol. The van der Waals surface area contributed by atoms with Gasteiger partial charge in [0.15, 0.2) is 11.9 Å². The highest BCUT2D eigenvalue weighted by Crippen LogP contribution is 2.36. The Morgan fingerprint density at radius 3 is 2.43 bits per heavy atom. The molecule has 0 saturated carbocycles. The van der Waals surface area contributed by atoms with Crippen LogP contribution >= 0.6 is 0 Å². The molecule has 0 aromatic heterocycles. The lowest BCUT2D eigenvalue weighted by molar-refractivity contribution is -0.949.